The number of anilines is 3. The first-order valence-electron chi connectivity index (χ1n) is 6.85. The third kappa shape index (κ3) is 3.78. The van der Waals surface area contributed by atoms with Crippen molar-refractivity contribution >= 4 is 17.1 Å². The number of benzene rings is 2. The van der Waals surface area contributed by atoms with Crippen molar-refractivity contribution in [3.05, 3.63) is 42.2 Å². The highest BCUT2D eigenvalue weighted by Gasteiger charge is 2.06. The monoisotopic (exact) mass is 290 g/mol. The summed E-state index contributed by atoms with van der Waals surface area (Å²) in [6.07, 6.45) is 0. The molecule has 0 saturated heterocycles. The van der Waals surface area contributed by atoms with Gasteiger partial charge < -0.3 is 20.5 Å². The fourth-order valence-electron chi connectivity index (χ4n) is 1.91. The van der Waals surface area contributed by atoms with Crippen LogP contribution in [-0.2, 0) is 0 Å². The molecule has 2 aromatic rings. The Labute approximate surface area is 123 Å². The normalized spacial score (nSPS) is 10.2. The molecule has 0 aromatic heterocycles. The van der Waals surface area contributed by atoms with Crippen molar-refractivity contribution in [3.8, 4) is 11.5 Å². The minimum absolute atomic E-state index is 0.246. The number of hydrogen-bond donors (Lipinski definition) is 2. The van der Waals surface area contributed by atoms with E-state index in [1.807, 2.05) is 19.9 Å². The van der Waals surface area contributed by atoms with E-state index in [4.69, 9.17) is 15.2 Å². The molecule has 0 aliphatic rings. The van der Waals surface area contributed by atoms with Gasteiger partial charge in [-0.1, -0.05) is 0 Å². The zero-order valence-corrected chi connectivity index (χ0v) is 12.2. The van der Waals surface area contributed by atoms with Crippen molar-refractivity contribution in [2.24, 2.45) is 0 Å². The Hall–Kier alpha value is -2.43. The molecule has 0 atom stereocenters. The Bertz CT molecular complexity index is 617. The number of ether oxygens (including phenoxy) is 2. The SMILES string of the molecule is CCOc1cc(Nc2ccc(OCC)c(F)c2)ccc1N. The lowest BCUT2D eigenvalue weighted by molar-refractivity contribution is 0.321. The van der Waals surface area contributed by atoms with Gasteiger partial charge in [0.1, 0.15) is 5.75 Å². The van der Waals surface area contributed by atoms with Crippen LogP contribution in [0.1, 0.15) is 13.8 Å². The summed E-state index contributed by atoms with van der Waals surface area (Å²) in [5, 5.41) is 3.11. The highest BCUT2D eigenvalue weighted by Crippen LogP contribution is 2.29. The van der Waals surface area contributed by atoms with Crippen LogP contribution in [-0.4, -0.2) is 13.2 Å². The number of nitrogens with two attached hydrogens (primary N) is 1. The van der Waals surface area contributed by atoms with Crippen LogP contribution in [0.3, 0.4) is 0 Å². The number of hydrogen-bond acceptors (Lipinski definition) is 4. The fraction of sp³-hybridized carbons (Fsp3) is 0.250. The van der Waals surface area contributed by atoms with Crippen LogP contribution in [0.5, 0.6) is 11.5 Å². The Balaban J connectivity index is 2.18. The fourth-order valence-corrected chi connectivity index (χ4v) is 1.91. The lowest BCUT2D eigenvalue weighted by Crippen LogP contribution is -1.99. The summed E-state index contributed by atoms with van der Waals surface area (Å²) in [6, 6.07) is 10.1. The van der Waals surface area contributed by atoms with Gasteiger partial charge in [0.2, 0.25) is 0 Å². The molecule has 0 spiro atoms. The predicted octanol–water partition coefficient (Wildman–Crippen LogP) is 3.95. The highest BCUT2D eigenvalue weighted by molar-refractivity contribution is 5.67. The lowest BCUT2D eigenvalue weighted by atomic mass is 10.2. The zero-order chi connectivity index (χ0) is 15.2. The summed E-state index contributed by atoms with van der Waals surface area (Å²) in [5.74, 6) is 0.451. The second kappa shape index (κ2) is 6.83. The van der Waals surface area contributed by atoms with Gasteiger partial charge in [0.25, 0.3) is 0 Å². The van der Waals surface area contributed by atoms with E-state index >= 15 is 0 Å². The van der Waals surface area contributed by atoms with Crippen LogP contribution in [0.15, 0.2) is 36.4 Å². The maximum absolute atomic E-state index is 13.8. The van der Waals surface area contributed by atoms with E-state index in [0.29, 0.717) is 30.3 Å². The van der Waals surface area contributed by atoms with Crippen LogP contribution >= 0.6 is 0 Å². The number of halogens is 1. The van der Waals surface area contributed by atoms with E-state index in [9.17, 15) is 4.39 Å². The molecule has 0 fully saturated rings. The standard InChI is InChI=1S/C16H19FN2O2/c1-3-20-15-8-6-11(9-13(15)17)19-12-5-7-14(18)16(10-12)21-4-2/h5-10,19H,3-4,18H2,1-2H3. The number of nitrogen functional groups attached to an aromatic ring is 1. The third-order valence-electron chi connectivity index (χ3n) is 2.83. The van der Waals surface area contributed by atoms with Gasteiger partial charge in [0.05, 0.1) is 18.9 Å². The lowest BCUT2D eigenvalue weighted by Gasteiger charge is -2.12. The molecule has 0 saturated carbocycles. The number of nitrogens with one attached hydrogen (secondary N) is 1. The first-order valence-corrected chi connectivity index (χ1v) is 6.85. The first kappa shape index (κ1) is 15.0. The molecule has 2 aromatic carbocycles. The predicted molar refractivity (Wildman–Crippen MR) is 82.9 cm³/mol. The smallest absolute Gasteiger partial charge is 0.167 e. The van der Waals surface area contributed by atoms with E-state index in [0.717, 1.165) is 5.69 Å². The van der Waals surface area contributed by atoms with E-state index < -0.39 is 5.82 Å². The largest absolute Gasteiger partial charge is 0.492 e. The van der Waals surface area contributed by atoms with Crippen molar-refractivity contribution in [1.82, 2.24) is 0 Å². The van der Waals surface area contributed by atoms with E-state index in [2.05, 4.69) is 5.32 Å². The van der Waals surface area contributed by atoms with Crippen LogP contribution in [0.4, 0.5) is 21.5 Å². The third-order valence-corrected chi connectivity index (χ3v) is 2.83. The first-order chi connectivity index (χ1) is 10.1. The van der Waals surface area contributed by atoms with Gasteiger partial charge in [-0.3, -0.25) is 0 Å². The molecule has 2 rings (SSSR count). The second-order valence-electron chi connectivity index (χ2n) is 4.39. The molecule has 0 aliphatic carbocycles. The quantitative estimate of drug-likeness (QED) is 0.791. The minimum atomic E-state index is -0.401. The maximum atomic E-state index is 13.8. The average molecular weight is 290 g/mol. The summed E-state index contributed by atoms with van der Waals surface area (Å²) >= 11 is 0. The zero-order valence-electron chi connectivity index (χ0n) is 12.2. The van der Waals surface area contributed by atoms with E-state index in [1.54, 1.807) is 24.3 Å². The van der Waals surface area contributed by atoms with Crippen LogP contribution < -0.4 is 20.5 Å². The molecule has 112 valence electrons. The van der Waals surface area contributed by atoms with Gasteiger partial charge in [-0.2, -0.15) is 0 Å². The van der Waals surface area contributed by atoms with E-state index in [1.165, 1.54) is 6.07 Å². The van der Waals surface area contributed by atoms with Gasteiger partial charge >= 0.3 is 0 Å². The van der Waals surface area contributed by atoms with Gasteiger partial charge in [0, 0.05) is 23.5 Å². The Morgan fingerprint density at radius 2 is 1.57 bits per heavy atom. The number of rotatable bonds is 6. The van der Waals surface area contributed by atoms with Crippen molar-refractivity contribution in [1.29, 1.82) is 0 Å². The molecule has 0 heterocycles. The average Bonchev–Trinajstić information content (AvgIpc) is 2.46. The molecule has 0 radical (unpaired) electrons. The molecule has 4 nitrogen and oxygen atoms in total. The molecular formula is C16H19FN2O2. The van der Waals surface area contributed by atoms with E-state index in [-0.39, 0.29) is 5.75 Å². The Morgan fingerprint density at radius 3 is 2.24 bits per heavy atom. The molecule has 5 heteroatoms. The summed E-state index contributed by atoms with van der Waals surface area (Å²) in [7, 11) is 0. The molecule has 0 amide bonds. The minimum Gasteiger partial charge on any atom is -0.492 e. The van der Waals surface area contributed by atoms with Gasteiger partial charge in [0.15, 0.2) is 11.6 Å². The topological polar surface area (TPSA) is 56.5 Å². The Morgan fingerprint density at radius 1 is 0.952 bits per heavy atom. The van der Waals surface area contributed by atoms with Crippen molar-refractivity contribution in [2.75, 3.05) is 24.3 Å². The maximum Gasteiger partial charge on any atom is 0.167 e. The van der Waals surface area contributed by atoms with Crippen molar-refractivity contribution < 1.29 is 13.9 Å². The second-order valence-corrected chi connectivity index (χ2v) is 4.39. The molecule has 21 heavy (non-hydrogen) atoms. The molecule has 3 N–H and O–H groups in total. The summed E-state index contributed by atoms with van der Waals surface area (Å²) in [4.78, 5) is 0. The summed E-state index contributed by atoms with van der Waals surface area (Å²) in [6.45, 7) is 4.67. The van der Waals surface area contributed by atoms with Crippen molar-refractivity contribution in [2.45, 2.75) is 13.8 Å². The summed E-state index contributed by atoms with van der Waals surface area (Å²) < 4.78 is 24.4. The van der Waals surface area contributed by atoms with Gasteiger partial charge in [-0.05, 0) is 38.1 Å². The van der Waals surface area contributed by atoms with Crippen molar-refractivity contribution in [3.63, 3.8) is 0 Å². The summed E-state index contributed by atoms with van der Waals surface area (Å²) in [5.41, 5.74) is 7.79. The van der Waals surface area contributed by atoms with Crippen LogP contribution in [0, 0.1) is 5.82 Å². The van der Waals surface area contributed by atoms with Crippen LogP contribution in [0.25, 0.3) is 0 Å². The molecule has 0 aliphatic heterocycles. The molecule has 0 unspecified atom stereocenters. The van der Waals surface area contributed by atoms with Gasteiger partial charge in [-0.15, -0.1) is 0 Å². The molecular weight excluding hydrogens is 271 g/mol. The Kier molecular flexibility index (Phi) is 4.87. The van der Waals surface area contributed by atoms with Gasteiger partial charge in [-0.25, -0.2) is 4.39 Å². The molecule has 0 bridgehead atoms. The highest BCUT2D eigenvalue weighted by atomic mass is 19.1. The van der Waals surface area contributed by atoms with Crippen LogP contribution in [0.2, 0.25) is 0 Å².